The molecule has 1 saturated heterocycles. The molecular weight excluding hydrogens is 388 g/mol. The molecule has 0 bridgehead atoms. The van der Waals surface area contributed by atoms with Gasteiger partial charge in [0.15, 0.2) is 5.65 Å². The fraction of sp³-hybridized carbons (Fsp3) is 0.286. The Hall–Kier alpha value is -2.90. The number of benzene rings is 1. The van der Waals surface area contributed by atoms with Gasteiger partial charge in [-0.2, -0.15) is 5.10 Å². The van der Waals surface area contributed by atoms with Gasteiger partial charge < -0.3 is 15.3 Å². The normalized spacial score (nSPS) is 17.3. The number of hydrogen-bond acceptors (Lipinski definition) is 6. The van der Waals surface area contributed by atoms with E-state index in [9.17, 15) is 5.11 Å². The number of anilines is 1. The molecule has 1 unspecified atom stereocenters. The fourth-order valence-electron chi connectivity index (χ4n) is 3.92. The van der Waals surface area contributed by atoms with Gasteiger partial charge in [-0.15, -0.1) is 0 Å². The molecule has 7 nitrogen and oxygen atoms in total. The van der Waals surface area contributed by atoms with Crippen LogP contribution in [-0.4, -0.2) is 50.5 Å². The first-order chi connectivity index (χ1) is 14.0. The zero-order chi connectivity index (χ0) is 20.1. The second kappa shape index (κ2) is 6.86. The standard InChI is InChI=1S/C21H21ClN6O/c1-12-10-28(4-3-23-12)14-6-15-17(22)7-19(25-21(15)24-9-14)16-5-13-11-27(2)26-18(13)8-20(16)29/h5-9,11-12,23,29H,3-4,10H2,1-2H3. The fourth-order valence-corrected chi connectivity index (χ4v) is 4.16. The number of aromatic hydroxyl groups is 1. The monoisotopic (exact) mass is 408 g/mol. The molecule has 0 aliphatic carbocycles. The van der Waals surface area contributed by atoms with Crippen molar-refractivity contribution in [1.82, 2.24) is 25.1 Å². The Kier molecular flexibility index (Phi) is 4.29. The largest absolute Gasteiger partial charge is 0.507 e. The molecule has 1 aromatic carbocycles. The number of phenols is 1. The first kappa shape index (κ1) is 18.1. The highest BCUT2D eigenvalue weighted by molar-refractivity contribution is 6.35. The Labute approximate surface area is 172 Å². The van der Waals surface area contributed by atoms with Crippen LogP contribution in [-0.2, 0) is 7.05 Å². The Morgan fingerprint density at radius 2 is 2.10 bits per heavy atom. The van der Waals surface area contributed by atoms with Crippen molar-refractivity contribution in [2.45, 2.75) is 13.0 Å². The third-order valence-electron chi connectivity index (χ3n) is 5.35. The highest BCUT2D eigenvalue weighted by atomic mass is 35.5. The third kappa shape index (κ3) is 3.26. The topological polar surface area (TPSA) is 79.1 Å². The van der Waals surface area contributed by atoms with E-state index in [1.165, 1.54) is 0 Å². The van der Waals surface area contributed by atoms with Gasteiger partial charge in [-0.25, -0.2) is 9.97 Å². The number of piperazine rings is 1. The minimum Gasteiger partial charge on any atom is -0.507 e. The van der Waals surface area contributed by atoms with E-state index >= 15 is 0 Å². The molecule has 3 aromatic heterocycles. The summed E-state index contributed by atoms with van der Waals surface area (Å²) in [5.74, 6) is 0.116. The molecule has 8 heteroatoms. The molecule has 0 spiro atoms. The summed E-state index contributed by atoms with van der Waals surface area (Å²) >= 11 is 6.62. The summed E-state index contributed by atoms with van der Waals surface area (Å²) in [5.41, 5.74) is 3.53. The highest BCUT2D eigenvalue weighted by Crippen LogP contribution is 2.35. The number of aromatic nitrogens is 4. The van der Waals surface area contributed by atoms with Crippen molar-refractivity contribution >= 4 is 39.2 Å². The smallest absolute Gasteiger partial charge is 0.161 e. The van der Waals surface area contributed by atoms with Crippen molar-refractivity contribution in [1.29, 1.82) is 0 Å². The zero-order valence-corrected chi connectivity index (χ0v) is 17.0. The number of pyridine rings is 2. The number of nitrogens with one attached hydrogen (secondary N) is 1. The van der Waals surface area contributed by atoms with Gasteiger partial charge in [0, 0.05) is 61.3 Å². The van der Waals surface area contributed by atoms with Crippen LogP contribution in [0.1, 0.15) is 6.92 Å². The average Bonchev–Trinajstić information content (AvgIpc) is 3.06. The van der Waals surface area contributed by atoms with Crippen LogP contribution in [0.2, 0.25) is 5.02 Å². The first-order valence-electron chi connectivity index (χ1n) is 9.59. The molecule has 148 valence electrons. The highest BCUT2D eigenvalue weighted by Gasteiger charge is 2.18. The number of halogens is 1. The van der Waals surface area contributed by atoms with Crippen molar-refractivity contribution < 1.29 is 5.11 Å². The van der Waals surface area contributed by atoms with E-state index in [0.717, 1.165) is 41.6 Å². The maximum Gasteiger partial charge on any atom is 0.161 e. The van der Waals surface area contributed by atoms with Gasteiger partial charge in [0.1, 0.15) is 5.75 Å². The Bertz CT molecular complexity index is 1240. The Morgan fingerprint density at radius 3 is 2.93 bits per heavy atom. The molecule has 1 atom stereocenters. The summed E-state index contributed by atoms with van der Waals surface area (Å²) in [6.07, 6.45) is 3.75. The maximum atomic E-state index is 10.5. The molecular formula is C21H21ClN6O. The summed E-state index contributed by atoms with van der Waals surface area (Å²) in [6.45, 7) is 4.97. The van der Waals surface area contributed by atoms with Crippen molar-refractivity contribution in [2.24, 2.45) is 7.05 Å². The number of fused-ring (bicyclic) bond motifs is 2. The van der Waals surface area contributed by atoms with Crippen LogP contribution in [0.4, 0.5) is 5.69 Å². The molecule has 4 aromatic rings. The molecule has 1 aliphatic rings. The molecule has 0 saturated carbocycles. The number of phenolic OH excluding ortho intramolecular Hbond substituents is 1. The summed E-state index contributed by atoms with van der Waals surface area (Å²) in [4.78, 5) is 11.5. The van der Waals surface area contributed by atoms with Gasteiger partial charge in [-0.1, -0.05) is 11.6 Å². The Morgan fingerprint density at radius 1 is 1.24 bits per heavy atom. The minimum atomic E-state index is 0.116. The summed E-state index contributed by atoms with van der Waals surface area (Å²) in [6, 6.07) is 7.78. The second-order valence-electron chi connectivity index (χ2n) is 7.59. The van der Waals surface area contributed by atoms with Gasteiger partial charge in [0.2, 0.25) is 0 Å². The minimum absolute atomic E-state index is 0.116. The molecule has 5 rings (SSSR count). The first-order valence-corrected chi connectivity index (χ1v) is 9.97. The number of nitrogens with zero attached hydrogens (tertiary/aromatic N) is 5. The molecule has 0 amide bonds. The lowest BCUT2D eigenvalue weighted by molar-refractivity contribution is 0.478. The van der Waals surface area contributed by atoms with Crippen LogP contribution in [0, 0.1) is 0 Å². The van der Waals surface area contributed by atoms with Crippen LogP contribution >= 0.6 is 11.6 Å². The van der Waals surface area contributed by atoms with Crippen molar-refractivity contribution in [2.75, 3.05) is 24.5 Å². The zero-order valence-electron chi connectivity index (χ0n) is 16.2. The molecule has 1 fully saturated rings. The summed E-state index contributed by atoms with van der Waals surface area (Å²) in [7, 11) is 1.85. The average molecular weight is 409 g/mol. The van der Waals surface area contributed by atoms with Gasteiger partial charge in [-0.3, -0.25) is 4.68 Å². The van der Waals surface area contributed by atoms with Crippen LogP contribution in [0.5, 0.6) is 5.75 Å². The van der Waals surface area contributed by atoms with Crippen molar-refractivity contribution in [3.05, 3.63) is 41.7 Å². The lowest BCUT2D eigenvalue weighted by Gasteiger charge is -2.33. The Balaban J connectivity index is 1.58. The lowest BCUT2D eigenvalue weighted by Crippen LogP contribution is -2.49. The van der Waals surface area contributed by atoms with Gasteiger partial charge in [-0.05, 0) is 25.1 Å². The van der Waals surface area contributed by atoms with Crippen LogP contribution < -0.4 is 10.2 Å². The van der Waals surface area contributed by atoms with Gasteiger partial charge >= 0.3 is 0 Å². The van der Waals surface area contributed by atoms with E-state index in [-0.39, 0.29) is 5.75 Å². The predicted molar refractivity (Wildman–Crippen MR) is 116 cm³/mol. The van der Waals surface area contributed by atoms with Crippen molar-refractivity contribution in [3.8, 4) is 17.0 Å². The van der Waals surface area contributed by atoms with Crippen LogP contribution in [0.15, 0.2) is 36.7 Å². The van der Waals surface area contributed by atoms with E-state index in [1.807, 2.05) is 31.6 Å². The van der Waals surface area contributed by atoms with E-state index < -0.39 is 0 Å². The number of rotatable bonds is 2. The molecule has 29 heavy (non-hydrogen) atoms. The lowest BCUT2D eigenvalue weighted by atomic mass is 10.1. The summed E-state index contributed by atoms with van der Waals surface area (Å²) in [5, 5.41) is 20.6. The SMILES string of the molecule is CC1CN(c2cnc3nc(-c4cc5cn(C)nc5cc4O)cc(Cl)c3c2)CCN1. The van der Waals surface area contributed by atoms with Crippen LogP contribution in [0.25, 0.3) is 33.2 Å². The second-order valence-corrected chi connectivity index (χ2v) is 7.99. The van der Waals surface area contributed by atoms with Crippen LogP contribution in [0.3, 0.4) is 0 Å². The van der Waals surface area contributed by atoms with Gasteiger partial charge in [0.05, 0.1) is 28.1 Å². The van der Waals surface area contributed by atoms with E-state index in [0.29, 0.717) is 28.0 Å². The van der Waals surface area contributed by atoms with Gasteiger partial charge in [0.25, 0.3) is 0 Å². The van der Waals surface area contributed by atoms with E-state index in [1.54, 1.807) is 16.8 Å². The summed E-state index contributed by atoms with van der Waals surface area (Å²) < 4.78 is 1.72. The van der Waals surface area contributed by atoms with E-state index in [4.69, 9.17) is 11.6 Å². The molecule has 4 heterocycles. The molecule has 2 N–H and O–H groups in total. The quantitative estimate of drug-likeness (QED) is 0.529. The number of hydrogen-bond donors (Lipinski definition) is 2. The molecule has 1 aliphatic heterocycles. The molecule has 0 radical (unpaired) electrons. The number of aryl methyl sites for hydroxylation is 1. The maximum absolute atomic E-state index is 10.5. The predicted octanol–water partition coefficient (Wildman–Crippen LogP) is 3.34. The van der Waals surface area contributed by atoms with Crippen molar-refractivity contribution in [3.63, 3.8) is 0 Å². The third-order valence-corrected chi connectivity index (χ3v) is 5.66. The van der Waals surface area contributed by atoms with E-state index in [2.05, 4.69) is 32.2 Å².